The normalized spacial score (nSPS) is 11.3. The topological polar surface area (TPSA) is 63.2 Å². The standard InChI is InChI=1S/C12H9BrClNO3S2/c1-7-6-8(14)2-3-9(7)12(16)15-20(17,18)11-5-4-10(13)19-11/h2-6H,1H3,(H,15,16). The molecule has 1 heterocycles. The van der Waals surface area contributed by atoms with Crippen molar-refractivity contribution in [2.24, 2.45) is 0 Å². The van der Waals surface area contributed by atoms with Crippen LogP contribution in [0, 0.1) is 6.92 Å². The lowest BCUT2D eigenvalue weighted by Crippen LogP contribution is -2.30. The first-order chi connectivity index (χ1) is 9.29. The molecule has 1 amide bonds. The lowest BCUT2D eigenvalue weighted by atomic mass is 10.1. The maximum absolute atomic E-state index is 12.0. The predicted molar refractivity (Wildman–Crippen MR) is 82.9 cm³/mol. The fourth-order valence-corrected chi connectivity index (χ4v) is 4.75. The van der Waals surface area contributed by atoms with E-state index in [0.29, 0.717) is 14.4 Å². The van der Waals surface area contributed by atoms with E-state index in [1.165, 1.54) is 18.2 Å². The van der Waals surface area contributed by atoms with Crippen molar-refractivity contribution in [3.8, 4) is 0 Å². The average Bonchev–Trinajstić information content (AvgIpc) is 2.75. The Morgan fingerprint density at radius 1 is 1.30 bits per heavy atom. The maximum Gasteiger partial charge on any atom is 0.273 e. The summed E-state index contributed by atoms with van der Waals surface area (Å²) in [4.78, 5) is 12.0. The Morgan fingerprint density at radius 2 is 2.00 bits per heavy atom. The van der Waals surface area contributed by atoms with Gasteiger partial charge in [-0.15, -0.1) is 11.3 Å². The van der Waals surface area contributed by atoms with Crippen LogP contribution in [0.15, 0.2) is 38.3 Å². The number of benzene rings is 1. The van der Waals surface area contributed by atoms with Crippen LogP contribution in [-0.2, 0) is 10.0 Å². The Bertz CT molecular complexity index is 771. The Labute approximate surface area is 134 Å². The smallest absolute Gasteiger partial charge is 0.268 e. The van der Waals surface area contributed by atoms with Crippen molar-refractivity contribution in [2.75, 3.05) is 0 Å². The third kappa shape index (κ3) is 3.41. The molecule has 0 aliphatic rings. The highest BCUT2D eigenvalue weighted by atomic mass is 79.9. The van der Waals surface area contributed by atoms with Gasteiger partial charge < -0.3 is 0 Å². The van der Waals surface area contributed by atoms with Gasteiger partial charge in [0.25, 0.3) is 15.9 Å². The zero-order valence-corrected chi connectivity index (χ0v) is 14.2. The molecule has 8 heteroatoms. The van der Waals surface area contributed by atoms with Gasteiger partial charge in [-0.05, 0) is 58.7 Å². The van der Waals surface area contributed by atoms with Crippen molar-refractivity contribution in [2.45, 2.75) is 11.1 Å². The molecule has 1 aromatic heterocycles. The fraction of sp³-hybridized carbons (Fsp3) is 0.0833. The number of carbonyl (C=O) groups excluding carboxylic acids is 1. The summed E-state index contributed by atoms with van der Waals surface area (Å²) < 4.78 is 26.9. The molecule has 0 fully saturated rings. The van der Waals surface area contributed by atoms with E-state index in [9.17, 15) is 13.2 Å². The molecule has 20 heavy (non-hydrogen) atoms. The van der Waals surface area contributed by atoms with Crippen LogP contribution < -0.4 is 4.72 Å². The Kier molecular flexibility index (Phi) is 4.53. The van der Waals surface area contributed by atoms with Gasteiger partial charge in [-0.2, -0.15) is 0 Å². The summed E-state index contributed by atoms with van der Waals surface area (Å²) in [5.74, 6) is -0.677. The van der Waals surface area contributed by atoms with Crippen molar-refractivity contribution in [3.05, 3.63) is 50.3 Å². The Hall–Kier alpha value is -0.890. The second kappa shape index (κ2) is 5.85. The lowest BCUT2D eigenvalue weighted by molar-refractivity contribution is 0.0981. The molecule has 4 nitrogen and oxygen atoms in total. The second-order valence-electron chi connectivity index (χ2n) is 3.95. The van der Waals surface area contributed by atoms with Crippen LogP contribution in [0.5, 0.6) is 0 Å². The number of amides is 1. The highest BCUT2D eigenvalue weighted by Crippen LogP contribution is 2.26. The first-order valence-corrected chi connectivity index (χ1v) is 8.85. The molecule has 1 N–H and O–H groups in total. The average molecular weight is 395 g/mol. The summed E-state index contributed by atoms with van der Waals surface area (Å²) in [6.07, 6.45) is 0. The van der Waals surface area contributed by atoms with Crippen LogP contribution in [-0.4, -0.2) is 14.3 Å². The minimum Gasteiger partial charge on any atom is -0.268 e. The predicted octanol–water partition coefficient (Wildman–Crippen LogP) is 3.59. The SMILES string of the molecule is Cc1cc(Cl)ccc1C(=O)NS(=O)(=O)c1ccc(Br)s1. The molecule has 0 saturated heterocycles. The molecule has 0 aliphatic carbocycles. The monoisotopic (exact) mass is 393 g/mol. The van der Waals surface area contributed by atoms with Gasteiger partial charge in [0.05, 0.1) is 3.79 Å². The van der Waals surface area contributed by atoms with E-state index in [4.69, 9.17) is 11.6 Å². The number of sulfonamides is 1. The summed E-state index contributed by atoms with van der Waals surface area (Å²) in [6, 6.07) is 7.67. The van der Waals surface area contributed by atoms with Crippen LogP contribution in [0.2, 0.25) is 5.02 Å². The van der Waals surface area contributed by atoms with Crippen LogP contribution in [0.1, 0.15) is 15.9 Å². The molecule has 2 rings (SSSR count). The van der Waals surface area contributed by atoms with Crippen LogP contribution in [0.3, 0.4) is 0 Å². The molecule has 0 bridgehead atoms. The molecular formula is C12H9BrClNO3S2. The molecule has 0 aliphatic heterocycles. The first-order valence-electron chi connectivity index (χ1n) is 5.38. The van der Waals surface area contributed by atoms with E-state index < -0.39 is 15.9 Å². The van der Waals surface area contributed by atoms with Crippen LogP contribution in [0.4, 0.5) is 0 Å². The molecule has 0 atom stereocenters. The van der Waals surface area contributed by atoms with E-state index in [1.54, 1.807) is 19.1 Å². The quantitative estimate of drug-likeness (QED) is 0.865. The van der Waals surface area contributed by atoms with Gasteiger partial charge in [-0.1, -0.05) is 11.6 Å². The Balaban J connectivity index is 2.27. The largest absolute Gasteiger partial charge is 0.273 e. The Morgan fingerprint density at radius 3 is 2.55 bits per heavy atom. The fourth-order valence-electron chi connectivity index (χ4n) is 1.55. The van der Waals surface area contributed by atoms with Crippen LogP contribution in [0.25, 0.3) is 0 Å². The molecule has 1 aromatic carbocycles. The number of hydrogen-bond acceptors (Lipinski definition) is 4. The maximum atomic E-state index is 12.0. The minimum atomic E-state index is -3.86. The summed E-state index contributed by atoms with van der Waals surface area (Å²) in [5, 5.41) is 0.490. The van der Waals surface area contributed by atoms with Gasteiger partial charge in [0.15, 0.2) is 0 Å². The number of rotatable bonds is 3. The highest BCUT2D eigenvalue weighted by Gasteiger charge is 2.21. The third-order valence-corrected chi connectivity index (χ3v) is 6.16. The lowest BCUT2D eigenvalue weighted by Gasteiger charge is -2.07. The second-order valence-corrected chi connectivity index (χ2v) is 8.76. The molecule has 0 unspecified atom stereocenters. The first kappa shape index (κ1) is 15.5. The number of thiophene rings is 1. The van der Waals surface area contributed by atoms with Gasteiger partial charge in [0, 0.05) is 10.6 Å². The van der Waals surface area contributed by atoms with Gasteiger partial charge >= 0.3 is 0 Å². The number of nitrogens with one attached hydrogen (secondary N) is 1. The summed E-state index contributed by atoms with van der Waals surface area (Å²) >= 11 is 10.0. The van der Waals surface area contributed by atoms with Crippen molar-refractivity contribution < 1.29 is 13.2 Å². The molecule has 2 aromatic rings. The summed E-state index contributed by atoms with van der Waals surface area (Å²) in [7, 11) is -3.86. The van der Waals surface area contributed by atoms with Gasteiger partial charge in [-0.25, -0.2) is 13.1 Å². The minimum absolute atomic E-state index is 0.0735. The molecule has 0 spiro atoms. The molecular weight excluding hydrogens is 386 g/mol. The molecule has 0 saturated carbocycles. The summed E-state index contributed by atoms with van der Waals surface area (Å²) in [6.45, 7) is 1.69. The third-order valence-electron chi connectivity index (χ3n) is 2.47. The zero-order valence-electron chi connectivity index (χ0n) is 10.2. The van der Waals surface area contributed by atoms with Gasteiger partial charge in [-0.3, -0.25) is 4.79 Å². The van der Waals surface area contributed by atoms with Crippen molar-refractivity contribution in [1.29, 1.82) is 0 Å². The van der Waals surface area contributed by atoms with E-state index in [2.05, 4.69) is 15.9 Å². The summed E-state index contributed by atoms with van der Waals surface area (Å²) in [5.41, 5.74) is 0.881. The van der Waals surface area contributed by atoms with E-state index in [1.807, 2.05) is 4.72 Å². The number of aryl methyl sites for hydroxylation is 1. The van der Waals surface area contributed by atoms with Crippen molar-refractivity contribution in [1.82, 2.24) is 4.72 Å². The van der Waals surface area contributed by atoms with E-state index in [0.717, 1.165) is 11.3 Å². The number of carbonyl (C=O) groups is 1. The van der Waals surface area contributed by atoms with Gasteiger partial charge in [0.2, 0.25) is 0 Å². The van der Waals surface area contributed by atoms with Crippen molar-refractivity contribution >= 4 is 54.8 Å². The number of hydrogen-bond donors (Lipinski definition) is 1. The van der Waals surface area contributed by atoms with Gasteiger partial charge in [0.1, 0.15) is 4.21 Å². The molecule has 106 valence electrons. The van der Waals surface area contributed by atoms with E-state index in [-0.39, 0.29) is 9.77 Å². The number of halogens is 2. The zero-order chi connectivity index (χ0) is 14.9. The van der Waals surface area contributed by atoms with E-state index >= 15 is 0 Å². The van der Waals surface area contributed by atoms with Crippen molar-refractivity contribution in [3.63, 3.8) is 0 Å². The highest BCUT2D eigenvalue weighted by molar-refractivity contribution is 9.11. The van der Waals surface area contributed by atoms with Crippen LogP contribution >= 0.6 is 38.9 Å². The molecule has 0 radical (unpaired) electrons.